The highest BCUT2D eigenvalue weighted by Gasteiger charge is 2.83. The molecule has 1 aromatic heterocycles. The van der Waals surface area contributed by atoms with Crippen molar-refractivity contribution in [2.75, 3.05) is 7.11 Å². The van der Waals surface area contributed by atoms with Crippen LogP contribution in [0.5, 0.6) is 0 Å². The molecule has 4 saturated carbocycles. The molecule has 1 aromatic rings. The van der Waals surface area contributed by atoms with E-state index in [1.54, 1.807) is 0 Å². The average Bonchev–Trinajstić information content (AvgIpc) is 2.99. The van der Waals surface area contributed by atoms with Crippen LogP contribution in [-0.2, 0) is 25.5 Å². The Kier molecular flexibility index (Phi) is 5.22. The Bertz CT molecular complexity index is 1120. The number of aryl methyl sites for hydroxylation is 1. The first-order chi connectivity index (χ1) is 17.0. The Balaban J connectivity index is 1.32. The third-order valence-electron chi connectivity index (χ3n) is 12.5. The van der Waals surface area contributed by atoms with Crippen LogP contribution in [0.2, 0.25) is 0 Å². The van der Waals surface area contributed by atoms with Crippen LogP contribution in [0.4, 0.5) is 0 Å². The summed E-state index contributed by atoms with van der Waals surface area (Å²) in [6.45, 7) is 13.8. The van der Waals surface area contributed by atoms with Crippen molar-refractivity contribution >= 4 is 11.9 Å². The third-order valence-corrected chi connectivity index (χ3v) is 12.5. The molecule has 0 N–H and O–H groups in total. The number of esters is 2. The van der Waals surface area contributed by atoms with E-state index in [4.69, 9.17) is 13.9 Å². The Hall–Kier alpha value is -2.04. The standard InChI is InChI=1S/C31H42O5/c1-18-13-21(35-16-18)14-19(2)22-7-9-29(5)24-15-23-26(20(3)27(33)36-23)31(10-8-25(32)34-6)17-30(24,31)12-11-28(22,29)4/h13,16,19,22-24,26H,3,7-12,14-15,17H2,1-2,4-6H3. The summed E-state index contributed by atoms with van der Waals surface area (Å²) in [6, 6.07) is 2.19. The van der Waals surface area contributed by atoms with Crippen LogP contribution in [0.1, 0.15) is 83.5 Å². The van der Waals surface area contributed by atoms with Gasteiger partial charge in [-0.3, -0.25) is 4.79 Å². The average molecular weight is 495 g/mol. The van der Waals surface area contributed by atoms with Gasteiger partial charge in [0.1, 0.15) is 11.9 Å². The predicted molar refractivity (Wildman–Crippen MR) is 136 cm³/mol. The quantitative estimate of drug-likeness (QED) is 0.337. The van der Waals surface area contributed by atoms with E-state index in [1.165, 1.54) is 38.4 Å². The molecule has 0 radical (unpaired) electrons. The SMILES string of the molecule is C=C1C(=O)OC2CC3C4(C)CCC(C(C)Cc5cc(C)co5)C4(C)CCC34CC4(CCC(=O)OC)C12. The van der Waals surface area contributed by atoms with Crippen LogP contribution in [0, 0.1) is 52.3 Å². The van der Waals surface area contributed by atoms with Crippen LogP contribution in [0.25, 0.3) is 0 Å². The Morgan fingerprint density at radius 2 is 2.03 bits per heavy atom. The van der Waals surface area contributed by atoms with Gasteiger partial charge in [-0.1, -0.05) is 27.4 Å². The first kappa shape index (κ1) is 24.3. The van der Waals surface area contributed by atoms with Crippen LogP contribution < -0.4 is 0 Å². The van der Waals surface area contributed by atoms with Gasteiger partial charge in [-0.15, -0.1) is 0 Å². The number of carbonyl (C=O) groups is 2. The molecule has 5 heteroatoms. The molecule has 5 nitrogen and oxygen atoms in total. The van der Waals surface area contributed by atoms with E-state index < -0.39 is 0 Å². The van der Waals surface area contributed by atoms with Crippen molar-refractivity contribution in [1.29, 1.82) is 0 Å². The van der Waals surface area contributed by atoms with Gasteiger partial charge in [-0.05, 0) is 103 Å². The van der Waals surface area contributed by atoms with E-state index in [2.05, 4.69) is 40.3 Å². The highest BCUT2D eigenvalue weighted by molar-refractivity contribution is 5.91. The van der Waals surface area contributed by atoms with E-state index in [9.17, 15) is 9.59 Å². The number of furan rings is 1. The van der Waals surface area contributed by atoms with Gasteiger partial charge >= 0.3 is 11.9 Å². The molecule has 0 aromatic carbocycles. The fourth-order valence-corrected chi connectivity index (χ4v) is 10.7. The minimum absolute atomic E-state index is 0.0529. The lowest BCUT2D eigenvalue weighted by molar-refractivity contribution is -0.158. The van der Waals surface area contributed by atoms with Crippen molar-refractivity contribution < 1.29 is 23.5 Å². The van der Waals surface area contributed by atoms with Crippen LogP contribution in [-0.4, -0.2) is 25.2 Å². The van der Waals surface area contributed by atoms with Gasteiger partial charge < -0.3 is 13.9 Å². The zero-order chi connectivity index (χ0) is 25.7. The molecule has 6 rings (SSSR count). The molecule has 1 aliphatic heterocycles. The van der Waals surface area contributed by atoms with Crippen molar-refractivity contribution in [3.05, 3.63) is 35.8 Å². The number of rotatable bonds is 6. The lowest BCUT2D eigenvalue weighted by Gasteiger charge is -2.61. The maximum atomic E-state index is 12.7. The summed E-state index contributed by atoms with van der Waals surface area (Å²) in [6.07, 6.45) is 10.8. The second-order valence-corrected chi connectivity index (χ2v) is 13.6. The lowest BCUT2D eigenvalue weighted by Crippen LogP contribution is -2.56. The fraction of sp³-hybridized carbons (Fsp3) is 0.742. The van der Waals surface area contributed by atoms with Gasteiger partial charge in [0.25, 0.3) is 0 Å². The first-order valence-electron chi connectivity index (χ1n) is 14.0. The first-order valence-corrected chi connectivity index (χ1v) is 14.0. The van der Waals surface area contributed by atoms with E-state index in [0.29, 0.717) is 29.7 Å². The number of hydrogen-bond donors (Lipinski definition) is 0. The van der Waals surface area contributed by atoms with Gasteiger partial charge in [-0.2, -0.15) is 0 Å². The van der Waals surface area contributed by atoms with Crippen LogP contribution >= 0.6 is 0 Å². The molecule has 1 saturated heterocycles. The van der Waals surface area contributed by atoms with Gasteiger partial charge in [0.15, 0.2) is 0 Å². The zero-order valence-corrected chi connectivity index (χ0v) is 22.7. The van der Waals surface area contributed by atoms with Crippen molar-refractivity contribution in [3.63, 3.8) is 0 Å². The molecule has 0 bridgehead atoms. The summed E-state index contributed by atoms with van der Waals surface area (Å²) in [7, 11) is 1.47. The molecule has 0 amide bonds. The Morgan fingerprint density at radius 1 is 1.25 bits per heavy atom. The molecular formula is C31H42O5. The molecule has 196 valence electrons. The monoisotopic (exact) mass is 494 g/mol. The van der Waals surface area contributed by atoms with Crippen molar-refractivity contribution in [2.45, 2.75) is 91.6 Å². The topological polar surface area (TPSA) is 65.7 Å². The minimum Gasteiger partial charge on any atom is -0.469 e. The number of ether oxygens (including phenoxy) is 2. The van der Waals surface area contributed by atoms with Crippen molar-refractivity contribution in [3.8, 4) is 0 Å². The molecular weight excluding hydrogens is 452 g/mol. The summed E-state index contributed by atoms with van der Waals surface area (Å²) in [5.41, 5.74) is 2.40. The van der Waals surface area contributed by atoms with Gasteiger partial charge in [0, 0.05) is 24.3 Å². The van der Waals surface area contributed by atoms with E-state index >= 15 is 0 Å². The highest BCUT2D eigenvalue weighted by atomic mass is 16.6. The summed E-state index contributed by atoms with van der Waals surface area (Å²) < 4.78 is 16.9. The molecule has 4 aliphatic carbocycles. The molecule has 36 heavy (non-hydrogen) atoms. The summed E-state index contributed by atoms with van der Waals surface area (Å²) in [4.78, 5) is 24.9. The highest BCUT2D eigenvalue weighted by Crippen LogP contribution is 2.88. The summed E-state index contributed by atoms with van der Waals surface area (Å²) in [5, 5.41) is 0. The maximum Gasteiger partial charge on any atom is 0.334 e. The number of hydrogen-bond acceptors (Lipinski definition) is 5. The second-order valence-electron chi connectivity index (χ2n) is 13.6. The summed E-state index contributed by atoms with van der Waals surface area (Å²) >= 11 is 0. The maximum absolute atomic E-state index is 12.7. The molecule has 1 spiro atoms. The summed E-state index contributed by atoms with van der Waals surface area (Å²) in [5.74, 6) is 2.48. The zero-order valence-electron chi connectivity index (χ0n) is 22.7. The fourth-order valence-electron chi connectivity index (χ4n) is 10.7. The van der Waals surface area contributed by atoms with Crippen molar-refractivity contribution in [2.24, 2.45) is 45.3 Å². The van der Waals surface area contributed by atoms with E-state index in [0.717, 1.165) is 31.4 Å². The van der Waals surface area contributed by atoms with Crippen LogP contribution in [0.15, 0.2) is 28.9 Å². The minimum atomic E-state index is -0.220. The van der Waals surface area contributed by atoms with Gasteiger partial charge in [0.2, 0.25) is 0 Å². The smallest absolute Gasteiger partial charge is 0.334 e. The second kappa shape index (κ2) is 7.74. The Labute approximate surface area is 215 Å². The van der Waals surface area contributed by atoms with E-state index in [1.807, 2.05) is 6.26 Å². The third kappa shape index (κ3) is 2.95. The van der Waals surface area contributed by atoms with E-state index in [-0.39, 0.29) is 45.6 Å². The molecule has 2 heterocycles. The van der Waals surface area contributed by atoms with Gasteiger partial charge in [-0.25, -0.2) is 4.79 Å². The van der Waals surface area contributed by atoms with Crippen molar-refractivity contribution in [1.82, 2.24) is 0 Å². The molecule has 5 aliphatic rings. The lowest BCUT2D eigenvalue weighted by atomic mass is 9.43. The molecule has 9 unspecified atom stereocenters. The predicted octanol–water partition coefficient (Wildman–Crippen LogP) is 6.43. The molecule has 9 atom stereocenters. The number of fused-ring (bicyclic) bond motifs is 4. The Morgan fingerprint density at radius 3 is 2.72 bits per heavy atom. The van der Waals surface area contributed by atoms with Gasteiger partial charge in [0.05, 0.1) is 13.4 Å². The molecule has 5 fully saturated rings. The number of methoxy groups -OCH3 is 1. The normalized spacial score (nSPS) is 45.2. The number of carbonyl (C=O) groups excluding carboxylic acids is 2. The van der Waals surface area contributed by atoms with Crippen LogP contribution in [0.3, 0.4) is 0 Å². The largest absolute Gasteiger partial charge is 0.469 e.